The van der Waals surface area contributed by atoms with E-state index in [0.29, 0.717) is 0 Å². The number of carbonyl (C=O) groups is 1. The van der Waals surface area contributed by atoms with Gasteiger partial charge in [-0.3, -0.25) is 4.79 Å². The third kappa shape index (κ3) is 1.80. The van der Waals surface area contributed by atoms with Crippen LogP contribution in [0.15, 0.2) is 18.2 Å². The highest BCUT2D eigenvalue weighted by Gasteiger charge is 2.24. The maximum absolute atomic E-state index is 11.3. The lowest BCUT2D eigenvalue weighted by atomic mass is 9.91. The molecule has 1 aliphatic carbocycles. The Balaban J connectivity index is 2.12. The van der Waals surface area contributed by atoms with Crippen LogP contribution in [0.3, 0.4) is 0 Å². The average Bonchev–Trinajstić information content (AvgIpc) is 2.68. The number of H-pyrrole nitrogens is 1. The minimum absolute atomic E-state index is 0.0442. The van der Waals surface area contributed by atoms with E-state index in [9.17, 15) is 4.79 Å². The number of hydrogen-bond acceptors (Lipinski definition) is 1. The van der Waals surface area contributed by atoms with Gasteiger partial charge in [0.15, 0.2) is 0 Å². The van der Waals surface area contributed by atoms with E-state index in [4.69, 9.17) is 0 Å². The molecule has 18 heavy (non-hydrogen) atoms. The van der Waals surface area contributed by atoms with E-state index in [-0.39, 0.29) is 11.9 Å². The van der Waals surface area contributed by atoms with E-state index in [2.05, 4.69) is 35.4 Å². The topological polar surface area (TPSA) is 44.9 Å². The van der Waals surface area contributed by atoms with Crippen LogP contribution in [0.25, 0.3) is 10.9 Å². The summed E-state index contributed by atoms with van der Waals surface area (Å²) >= 11 is 0. The molecular formula is C15H18N2O. The molecule has 0 unspecified atom stereocenters. The van der Waals surface area contributed by atoms with Gasteiger partial charge >= 0.3 is 0 Å². The number of nitrogens with one attached hydrogen (secondary N) is 2. The lowest BCUT2D eigenvalue weighted by Crippen LogP contribution is -2.28. The maximum atomic E-state index is 11.3. The van der Waals surface area contributed by atoms with E-state index in [1.807, 2.05) is 0 Å². The third-order valence-corrected chi connectivity index (χ3v) is 3.74. The fourth-order valence-corrected chi connectivity index (χ4v) is 2.97. The third-order valence-electron chi connectivity index (χ3n) is 3.74. The summed E-state index contributed by atoms with van der Waals surface area (Å²) in [5, 5.41) is 4.36. The summed E-state index contributed by atoms with van der Waals surface area (Å²) in [6, 6.07) is 6.64. The number of rotatable bonds is 1. The fraction of sp³-hybridized carbons (Fsp3) is 0.400. The molecule has 94 valence electrons. The second-order valence-electron chi connectivity index (χ2n) is 5.21. The van der Waals surface area contributed by atoms with Crippen molar-refractivity contribution >= 4 is 16.8 Å². The summed E-state index contributed by atoms with van der Waals surface area (Å²) in [4.78, 5) is 14.8. The SMILES string of the molecule is CC(=O)N[C@@H]1CCCc2c1[nH]c1ccc(C)cc21. The zero-order valence-electron chi connectivity index (χ0n) is 10.8. The summed E-state index contributed by atoms with van der Waals surface area (Å²) in [5.74, 6) is 0.0442. The Labute approximate surface area is 107 Å². The molecule has 3 nitrogen and oxygen atoms in total. The van der Waals surface area contributed by atoms with Crippen molar-refractivity contribution in [2.24, 2.45) is 0 Å². The zero-order chi connectivity index (χ0) is 12.7. The number of hydrogen-bond donors (Lipinski definition) is 2. The first-order valence-corrected chi connectivity index (χ1v) is 6.53. The van der Waals surface area contributed by atoms with Gasteiger partial charge in [0.05, 0.1) is 6.04 Å². The Hall–Kier alpha value is -1.77. The summed E-state index contributed by atoms with van der Waals surface area (Å²) < 4.78 is 0. The van der Waals surface area contributed by atoms with Gasteiger partial charge in [0, 0.05) is 23.5 Å². The molecule has 1 aromatic carbocycles. The van der Waals surface area contributed by atoms with Crippen molar-refractivity contribution < 1.29 is 4.79 Å². The number of aryl methyl sites for hydroxylation is 2. The van der Waals surface area contributed by atoms with Gasteiger partial charge in [-0.05, 0) is 43.9 Å². The first-order valence-electron chi connectivity index (χ1n) is 6.53. The molecule has 0 aliphatic heterocycles. The van der Waals surface area contributed by atoms with Crippen LogP contribution in [-0.4, -0.2) is 10.9 Å². The van der Waals surface area contributed by atoms with Crippen molar-refractivity contribution in [3.63, 3.8) is 0 Å². The molecular weight excluding hydrogens is 224 g/mol. The minimum Gasteiger partial charge on any atom is -0.356 e. The van der Waals surface area contributed by atoms with Crippen LogP contribution in [0.1, 0.15) is 42.6 Å². The Morgan fingerprint density at radius 3 is 3.06 bits per heavy atom. The fourth-order valence-electron chi connectivity index (χ4n) is 2.97. The second kappa shape index (κ2) is 4.16. The predicted molar refractivity (Wildman–Crippen MR) is 72.5 cm³/mol. The highest BCUT2D eigenvalue weighted by molar-refractivity contribution is 5.86. The Bertz CT molecular complexity index is 612. The van der Waals surface area contributed by atoms with Gasteiger partial charge in [0.1, 0.15) is 0 Å². The van der Waals surface area contributed by atoms with E-state index < -0.39 is 0 Å². The summed E-state index contributed by atoms with van der Waals surface area (Å²) in [6.07, 6.45) is 3.27. The first kappa shape index (κ1) is 11.3. The van der Waals surface area contributed by atoms with Crippen LogP contribution in [-0.2, 0) is 11.2 Å². The van der Waals surface area contributed by atoms with E-state index >= 15 is 0 Å². The lowest BCUT2D eigenvalue weighted by Gasteiger charge is -2.23. The van der Waals surface area contributed by atoms with Crippen molar-refractivity contribution in [1.29, 1.82) is 0 Å². The number of fused-ring (bicyclic) bond motifs is 3. The number of amides is 1. The second-order valence-corrected chi connectivity index (χ2v) is 5.21. The van der Waals surface area contributed by atoms with Crippen LogP contribution in [0.5, 0.6) is 0 Å². The van der Waals surface area contributed by atoms with Gasteiger partial charge in [-0.15, -0.1) is 0 Å². The Kier molecular flexibility index (Phi) is 2.62. The van der Waals surface area contributed by atoms with Gasteiger partial charge in [-0.2, -0.15) is 0 Å². The van der Waals surface area contributed by atoms with Gasteiger partial charge < -0.3 is 10.3 Å². The van der Waals surface area contributed by atoms with Crippen LogP contribution in [0.2, 0.25) is 0 Å². The monoisotopic (exact) mass is 242 g/mol. The molecule has 2 N–H and O–H groups in total. The number of aromatic nitrogens is 1. The van der Waals surface area contributed by atoms with Crippen LogP contribution in [0.4, 0.5) is 0 Å². The van der Waals surface area contributed by atoms with Gasteiger partial charge in [-0.25, -0.2) is 0 Å². The minimum atomic E-state index is 0.0442. The summed E-state index contributed by atoms with van der Waals surface area (Å²) in [6.45, 7) is 3.70. The molecule has 0 fully saturated rings. The van der Waals surface area contributed by atoms with Crippen LogP contribution >= 0.6 is 0 Å². The number of benzene rings is 1. The van der Waals surface area contributed by atoms with E-state index in [0.717, 1.165) is 19.3 Å². The van der Waals surface area contributed by atoms with Crippen molar-refractivity contribution in [1.82, 2.24) is 10.3 Å². The number of carbonyl (C=O) groups excluding carboxylic acids is 1. The molecule has 0 bridgehead atoms. The van der Waals surface area contributed by atoms with Crippen LogP contribution < -0.4 is 5.32 Å². The maximum Gasteiger partial charge on any atom is 0.217 e. The number of aromatic amines is 1. The normalized spacial score (nSPS) is 18.7. The van der Waals surface area contributed by atoms with Gasteiger partial charge in [0.2, 0.25) is 5.91 Å². The highest BCUT2D eigenvalue weighted by Crippen LogP contribution is 2.34. The van der Waals surface area contributed by atoms with E-state index in [1.54, 1.807) is 6.92 Å². The average molecular weight is 242 g/mol. The Morgan fingerprint density at radius 2 is 2.28 bits per heavy atom. The van der Waals surface area contributed by atoms with Crippen molar-refractivity contribution in [2.75, 3.05) is 0 Å². The van der Waals surface area contributed by atoms with Gasteiger partial charge in [0.25, 0.3) is 0 Å². The van der Waals surface area contributed by atoms with Crippen LogP contribution in [0, 0.1) is 6.92 Å². The quantitative estimate of drug-likeness (QED) is 0.793. The molecule has 1 aliphatic rings. The highest BCUT2D eigenvalue weighted by atomic mass is 16.1. The molecule has 0 saturated heterocycles. The molecule has 1 atom stereocenters. The molecule has 3 heteroatoms. The van der Waals surface area contributed by atoms with Gasteiger partial charge in [-0.1, -0.05) is 11.6 Å². The molecule has 1 amide bonds. The zero-order valence-corrected chi connectivity index (χ0v) is 10.8. The van der Waals surface area contributed by atoms with Crippen molar-refractivity contribution in [2.45, 2.75) is 39.2 Å². The molecule has 1 aromatic heterocycles. The van der Waals surface area contributed by atoms with E-state index in [1.165, 1.54) is 27.7 Å². The smallest absolute Gasteiger partial charge is 0.217 e. The Morgan fingerprint density at radius 1 is 1.44 bits per heavy atom. The standard InChI is InChI=1S/C15H18N2O/c1-9-6-7-13-12(8-9)11-4-3-5-14(15(11)17-13)16-10(2)18/h6-8,14,17H,3-5H2,1-2H3,(H,16,18)/t14-/m1/s1. The summed E-state index contributed by atoms with van der Waals surface area (Å²) in [5.41, 5.74) is 5.06. The van der Waals surface area contributed by atoms with Crippen molar-refractivity contribution in [3.8, 4) is 0 Å². The summed E-state index contributed by atoms with van der Waals surface area (Å²) in [7, 11) is 0. The molecule has 1 heterocycles. The largest absolute Gasteiger partial charge is 0.356 e. The van der Waals surface area contributed by atoms with Crippen molar-refractivity contribution in [3.05, 3.63) is 35.0 Å². The molecule has 0 spiro atoms. The predicted octanol–water partition coefficient (Wildman–Crippen LogP) is 2.99. The lowest BCUT2D eigenvalue weighted by molar-refractivity contribution is -0.119. The molecule has 0 radical (unpaired) electrons. The molecule has 0 saturated carbocycles. The first-order chi connectivity index (χ1) is 8.65. The molecule has 2 aromatic rings. The molecule has 3 rings (SSSR count).